The molecule has 0 spiro atoms. The fourth-order valence-corrected chi connectivity index (χ4v) is 2.60. The molecule has 0 saturated heterocycles. The molecule has 2 aromatic carbocycles. The maximum absolute atomic E-state index is 13.5. The van der Waals surface area contributed by atoms with E-state index in [0.717, 1.165) is 16.9 Å². The van der Waals surface area contributed by atoms with Crippen molar-refractivity contribution in [2.45, 2.75) is 24.8 Å². The molecule has 0 amide bonds. The Morgan fingerprint density at radius 1 is 1.00 bits per heavy atom. The van der Waals surface area contributed by atoms with Crippen molar-refractivity contribution >= 4 is 15.9 Å². The predicted molar refractivity (Wildman–Crippen MR) is 85.9 cm³/mol. The van der Waals surface area contributed by atoms with Crippen molar-refractivity contribution < 1.29 is 13.9 Å². The summed E-state index contributed by atoms with van der Waals surface area (Å²) in [5.74, 6) is 0.725. The summed E-state index contributed by atoms with van der Waals surface area (Å²) in [5.41, 5.74) is 2.01. The average molecular weight is 353 g/mol. The smallest absolute Gasteiger partial charge is 0.165 e. The van der Waals surface area contributed by atoms with E-state index in [0.29, 0.717) is 0 Å². The van der Waals surface area contributed by atoms with Gasteiger partial charge in [0.1, 0.15) is 5.75 Å². The van der Waals surface area contributed by atoms with Gasteiger partial charge in [-0.3, -0.25) is 0 Å². The number of methoxy groups -OCH3 is 1. The normalized spacial score (nSPS) is 12.3. The molecule has 0 saturated carbocycles. The highest BCUT2D eigenvalue weighted by molar-refractivity contribution is 9.09. The van der Waals surface area contributed by atoms with Gasteiger partial charge in [0.05, 0.1) is 18.0 Å². The quantitative estimate of drug-likeness (QED) is 0.696. The zero-order valence-electron chi connectivity index (χ0n) is 12.3. The van der Waals surface area contributed by atoms with E-state index in [1.165, 1.54) is 13.2 Å². The Bertz CT molecular complexity index is 596. The van der Waals surface area contributed by atoms with E-state index < -0.39 is 0 Å². The average Bonchev–Trinajstić information content (AvgIpc) is 2.47. The molecule has 0 N–H and O–H groups in total. The van der Waals surface area contributed by atoms with Crippen molar-refractivity contribution in [3.05, 3.63) is 59.4 Å². The van der Waals surface area contributed by atoms with Gasteiger partial charge >= 0.3 is 0 Å². The van der Waals surface area contributed by atoms with Crippen LogP contribution in [0.1, 0.15) is 29.8 Å². The highest BCUT2D eigenvalue weighted by Gasteiger charge is 2.13. The molecule has 112 valence electrons. The number of rotatable bonds is 5. The molecule has 0 radical (unpaired) electrons. The zero-order valence-corrected chi connectivity index (χ0v) is 13.9. The van der Waals surface area contributed by atoms with Crippen LogP contribution >= 0.6 is 15.9 Å². The fourth-order valence-electron chi connectivity index (χ4n) is 2.01. The number of ether oxygens (including phenoxy) is 2. The van der Waals surface area contributed by atoms with E-state index in [4.69, 9.17) is 9.47 Å². The molecular formula is C17H18BrFO2. The van der Waals surface area contributed by atoms with Gasteiger partial charge in [-0.05, 0) is 49.2 Å². The van der Waals surface area contributed by atoms with Crippen molar-refractivity contribution in [1.29, 1.82) is 0 Å². The van der Waals surface area contributed by atoms with E-state index in [1.807, 2.05) is 38.1 Å². The first kappa shape index (κ1) is 15.8. The predicted octanol–water partition coefficient (Wildman–Crippen LogP) is 5.11. The summed E-state index contributed by atoms with van der Waals surface area (Å²) in [4.78, 5) is -0.0277. The Labute approximate surface area is 133 Å². The third-order valence-corrected chi connectivity index (χ3v) is 4.07. The van der Waals surface area contributed by atoms with Gasteiger partial charge in [-0.2, -0.15) is 0 Å². The Balaban J connectivity index is 2.21. The zero-order chi connectivity index (χ0) is 15.4. The summed E-state index contributed by atoms with van der Waals surface area (Å²) in [7, 11) is 1.46. The monoisotopic (exact) mass is 352 g/mol. The largest absolute Gasteiger partial charge is 0.494 e. The van der Waals surface area contributed by atoms with E-state index in [2.05, 4.69) is 15.9 Å². The SMILES string of the molecule is COc1cc(C(Br)c2ccc(OC(C)C)cc2)ccc1F. The van der Waals surface area contributed by atoms with Gasteiger partial charge in [-0.25, -0.2) is 4.39 Å². The van der Waals surface area contributed by atoms with Crippen LogP contribution in [0.5, 0.6) is 11.5 Å². The number of alkyl halides is 1. The van der Waals surface area contributed by atoms with Crippen LogP contribution in [0.2, 0.25) is 0 Å². The van der Waals surface area contributed by atoms with E-state index in [9.17, 15) is 4.39 Å². The molecule has 0 aliphatic rings. The third kappa shape index (κ3) is 3.97. The van der Waals surface area contributed by atoms with Crippen molar-refractivity contribution in [3.63, 3.8) is 0 Å². The molecule has 0 aliphatic heterocycles. The summed E-state index contributed by atoms with van der Waals surface area (Å²) in [5, 5.41) is 0. The number of hydrogen-bond acceptors (Lipinski definition) is 2. The molecule has 0 bridgehead atoms. The first-order valence-corrected chi connectivity index (χ1v) is 7.67. The lowest BCUT2D eigenvalue weighted by molar-refractivity contribution is 0.242. The molecule has 0 aromatic heterocycles. The molecule has 21 heavy (non-hydrogen) atoms. The number of hydrogen-bond donors (Lipinski definition) is 0. The Morgan fingerprint density at radius 2 is 1.62 bits per heavy atom. The molecule has 2 nitrogen and oxygen atoms in total. The second-order valence-corrected chi connectivity index (χ2v) is 5.91. The van der Waals surface area contributed by atoms with Gasteiger partial charge in [-0.15, -0.1) is 0 Å². The van der Waals surface area contributed by atoms with Crippen LogP contribution in [0.3, 0.4) is 0 Å². The van der Waals surface area contributed by atoms with Crippen LogP contribution in [0.15, 0.2) is 42.5 Å². The van der Waals surface area contributed by atoms with Crippen molar-refractivity contribution in [2.24, 2.45) is 0 Å². The molecule has 0 fully saturated rings. The summed E-state index contributed by atoms with van der Waals surface area (Å²) >= 11 is 3.64. The molecule has 0 aliphatic carbocycles. The number of halogens is 2. The maximum Gasteiger partial charge on any atom is 0.165 e. The van der Waals surface area contributed by atoms with Crippen LogP contribution in [0, 0.1) is 5.82 Å². The standard InChI is InChI=1S/C17H18BrFO2/c1-11(2)21-14-7-4-12(5-8-14)17(18)13-6-9-15(19)16(10-13)20-3/h4-11,17H,1-3H3. The van der Waals surface area contributed by atoms with Gasteiger partial charge in [0.25, 0.3) is 0 Å². The highest BCUT2D eigenvalue weighted by atomic mass is 79.9. The Morgan fingerprint density at radius 3 is 2.19 bits per heavy atom. The lowest BCUT2D eigenvalue weighted by atomic mass is 10.0. The highest BCUT2D eigenvalue weighted by Crippen LogP contribution is 2.34. The molecule has 1 unspecified atom stereocenters. The summed E-state index contributed by atoms with van der Waals surface area (Å²) < 4.78 is 24.1. The molecule has 2 rings (SSSR count). The van der Waals surface area contributed by atoms with Gasteiger partial charge in [-0.1, -0.05) is 34.1 Å². The van der Waals surface area contributed by atoms with Crippen LogP contribution in [0.4, 0.5) is 4.39 Å². The Hall–Kier alpha value is -1.55. The van der Waals surface area contributed by atoms with Crippen molar-refractivity contribution in [3.8, 4) is 11.5 Å². The van der Waals surface area contributed by atoms with E-state index in [-0.39, 0.29) is 22.5 Å². The first-order valence-electron chi connectivity index (χ1n) is 6.75. The molecule has 4 heteroatoms. The van der Waals surface area contributed by atoms with Gasteiger partial charge < -0.3 is 9.47 Å². The molecule has 0 heterocycles. The summed E-state index contributed by atoms with van der Waals surface area (Å²) in [6.07, 6.45) is 0.150. The van der Waals surface area contributed by atoms with Crippen molar-refractivity contribution in [2.75, 3.05) is 7.11 Å². The topological polar surface area (TPSA) is 18.5 Å². The van der Waals surface area contributed by atoms with Crippen LogP contribution in [-0.4, -0.2) is 13.2 Å². The van der Waals surface area contributed by atoms with Gasteiger partial charge in [0, 0.05) is 0 Å². The second-order valence-electron chi connectivity index (χ2n) is 4.99. The first-order chi connectivity index (χ1) is 10.0. The minimum Gasteiger partial charge on any atom is -0.494 e. The minimum absolute atomic E-state index is 0.0277. The minimum atomic E-state index is -0.360. The van der Waals surface area contributed by atoms with E-state index >= 15 is 0 Å². The van der Waals surface area contributed by atoms with E-state index in [1.54, 1.807) is 12.1 Å². The molecule has 1 atom stereocenters. The van der Waals surface area contributed by atoms with Crippen LogP contribution in [0.25, 0.3) is 0 Å². The van der Waals surface area contributed by atoms with Crippen LogP contribution < -0.4 is 9.47 Å². The lowest BCUT2D eigenvalue weighted by Gasteiger charge is -2.14. The van der Waals surface area contributed by atoms with Gasteiger partial charge in [0.15, 0.2) is 11.6 Å². The second kappa shape index (κ2) is 6.94. The van der Waals surface area contributed by atoms with Gasteiger partial charge in [0.2, 0.25) is 0 Å². The number of benzene rings is 2. The Kier molecular flexibility index (Phi) is 5.23. The third-order valence-electron chi connectivity index (χ3n) is 3.01. The lowest BCUT2D eigenvalue weighted by Crippen LogP contribution is -2.05. The summed E-state index contributed by atoms with van der Waals surface area (Å²) in [6, 6.07) is 12.7. The van der Waals surface area contributed by atoms with Crippen LogP contribution in [-0.2, 0) is 0 Å². The molecule has 2 aromatic rings. The molecular weight excluding hydrogens is 335 g/mol. The maximum atomic E-state index is 13.5. The fraction of sp³-hybridized carbons (Fsp3) is 0.294. The summed E-state index contributed by atoms with van der Waals surface area (Å²) in [6.45, 7) is 3.98. The van der Waals surface area contributed by atoms with Crippen molar-refractivity contribution in [1.82, 2.24) is 0 Å².